The smallest absolute Gasteiger partial charge is 0.0380 e. The van der Waals surface area contributed by atoms with Crippen molar-refractivity contribution in [2.24, 2.45) is 11.8 Å². The van der Waals surface area contributed by atoms with Gasteiger partial charge < -0.3 is 0 Å². The molecule has 0 N–H and O–H groups in total. The Labute approximate surface area is 38.6 Å². The minimum absolute atomic E-state index is 1.16. The summed E-state index contributed by atoms with van der Waals surface area (Å²) in [6, 6.07) is 0. The van der Waals surface area contributed by atoms with Gasteiger partial charge in [0.25, 0.3) is 0 Å². The fourth-order valence-corrected chi connectivity index (χ4v) is 1.41. The van der Waals surface area contributed by atoms with E-state index < -0.39 is 0 Å². The van der Waals surface area contributed by atoms with Crippen LogP contribution in [0.3, 0.4) is 0 Å². The molecule has 2 atom stereocenters. The first-order valence-electron chi connectivity index (χ1n) is 2.78. The summed E-state index contributed by atoms with van der Waals surface area (Å²) in [5.74, 6) is 2.31. The summed E-state index contributed by atoms with van der Waals surface area (Å²) >= 11 is 0. The Morgan fingerprint density at radius 1 is 1.17 bits per heavy atom. The summed E-state index contributed by atoms with van der Waals surface area (Å²) in [4.78, 5) is 0. The molecule has 6 heavy (non-hydrogen) atoms. The maximum absolute atomic E-state index is 2.43. The third kappa shape index (κ3) is 0.250. The Balaban J connectivity index is 2.09. The largest absolute Gasteiger partial charge is 0.0470 e. The van der Waals surface area contributed by atoms with Crippen LogP contribution in [-0.2, 0) is 0 Å². The molecule has 0 nitrogen and oxygen atoms in total. The van der Waals surface area contributed by atoms with Crippen molar-refractivity contribution in [3.63, 3.8) is 0 Å². The van der Waals surface area contributed by atoms with E-state index in [9.17, 15) is 0 Å². The maximum atomic E-state index is 2.43. The van der Waals surface area contributed by atoms with E-state index in [0.29, 0.717) is 0 Å². The minimum atomic E-state index is 1.16. The summed E-state index contributed by atoms with van der Waals surface area (Å²) < 4.78 is 0. The Hall–Kier alpha value is 0. The van der Waals surface area contributed by atoms with E-state index in [2.05, 4.69) is 6.42 Å². The first-order chi connectivity index (χ1) is 2.97. The van der Waals surface area contributed by atoms with Gasteiger partial charge in [-0.3, -0.25) is 0 Å². The molecule has 0 amide bonds. The van der Waals surface area contributed by atoms with Crippen LogP contribution in [0.15, 0.2) is 0 Å². The molecule has 0 heteroatoms. The molecule has 2 saturated carbocycles. The van der Waals surface area contributed by atoms with Crippen LogP contribution >= 0.6 is 0 Å². The van der Waals surface area contributed by atoms with Crippen molar-refractivity contribution < 1.29 is 0 Å². The minimum Gasteiger partial charge on any atom is -0.0470 e. The van der Waals surface area contributed by atoms with Crippen molar-refractivity contribution >= 4 is 0 Å². The summed E-state index contributed by atoms with van der Waals surface area (Å²) in [5, 5.41) is 0. The van der Waals surface area contributed by atoms with Crippen molar-refractivity contribution in [2.75, 3.05) is 0 Å². The van der Waals surface area contributed by atoms with E-state index in [1.165, 1.54) is 12.8 Å². The standard InChI is InChI=1S/C6H9/c1-2-5-4-6(5)3-1/h1,5-6H,2-4H2/t5-,6-/m0/s1. The highest BCUT2D eigenvalue weighted by Gasteiger charge is 2.40. The van der Waals surface area contributed by atoms with Crippen LogP contribution in [0, 0.1) is 18.3 Å². The van der Waals surface area contributed by atoms with E-state index in [4.69, 9.17) is 0 Å². The van der Waals surface area contributed by atoms with E-state index in [1.807, 2.05) is 0 Å². The normalized spacial score (nSPS) is 52.0. The summed E-state index contributed by atoms with van der Waals surface area (Å²) in [5.41, 5.74) is 0. The molecular formula is C6H9. The summed E-state index contributed by atoms with van der Waals surface area (Å²) in [6.45, 7) is 0. The van der Waals surface area contributed by atoms with Crippen LogP contribution in [0.4, 0.5) is 0 Å². The van der Waals surface area contributed by atoms with Crippen LogP contribution in [0.1, 0.15) is 19.3 Å². The number of fused-ring (bicyclic) bond motifs is 1. The quantitative estimate of drug-likeness (QED) is 0.415. The second kappa shape index (κ2) is 0.800. The second-order valence-corrected chi connectivity index (χ2v) is 2.52. The van der Waals surface area contributed by atoms with Gasteiger partial charge in [0.15, 0.2) is 0 Å². The van der Waals surface area contributed by atoms with Gasteiger partial charge in [0.1, 0.15) is 0 Å². The zero-order valence-corrected chi connectivity index (χ0v) is 3.85. The molecule has 0 aromatic carbocycles. The topological polar surface area (TPSA) is 0 Å². The van der Waals surface area contributed by atoms with Crippen LogP contribution in [0.2, 0.25) is 0 Å². The lowest BCUT2D eigenvalue weighted by molar-refractivity contribution is 0.834. The lowest BCUT2D eigenvalue weighted by atomic mass is 10.3. The summed E-state index contributed by atoms with van der Waals surface area (Å²) in [7, 11) is 0. The SMILES string of the molecule is [CH]1C[C@H]2C[C@@H]2C1. The van der Waals surface area contributed by atoms with E-state index in [-0.39, 0.29) is 0 Å². The van der Waals surface area contributed by atoms with Gasteiger partial charge in [0.05, 0.1) is 0 Å². The predicted octanol–water partition coefficient (Wildman–Crippen LogP) is 1.62. The fourth-order valence-electron chi connectivity index (χ4n) is 1.41. The van der Waals surface area contributed by atoms with Crippen LogP contribution in [0.25, 0.3) is 0 Å². The van der Waals surface area contributed by atoms with Crippen LogP contribution in [0.5, 0.6) is 0 Å². The molecule has 0 unspecified atom stereocenters. The highest BCUT2D eigenvalue weighted by molar-refractivity contribution is 4.99. The molecular weight excluding hydrogens is 72.1 g/mol. The molecule has 0 bridgehead atoms. The van der Waals surface area contributed by atoms with Crippen molar-refractivity contribution in [1.29, 1.82) is 0 Å². The molecule has 0 heterocycles. The summed E-state index contributed by atoms with van der Waals surface area (Å²) in [6.07, 6.45) is 6.85. The molecule has 0 aromatic heterocycles. The average molecular weight is 81.1 g/mol. The third-order valence-corrected chi connectivity index (χ3v) is 2.01. The van der Waals surface area contributed by atoms with Crippen molar-refractivity contribution in [3.05, 3.63) is 6.42 Å². The zero-order chi connectivity index (χ0) is 3.98. The molecule has 2 fully saturated rings. The molecule has 1 radical (unpaired) electrons. The van der Waals surface area contributed by atoms with Gasteiger partial charge in [-0.05, 0) is 37.5 Å². The molecule has 0 aromatic rings. The second-order valence-electron chi connectivity index (χ2n) is 2.52. The highest BCUT2D eigenvalue weighted by Crippen LogP contribution is 2.50. The Morgan fingerprint density at radius 2 is 1.83 bits per heavy atom. The van der Waals surface area contributed by atoms with Gasteiger partial charge >= 0.3 is 0 Å². The number of rotatable bonds is 0. The lowest BCUT2D eigenvalue weighted by Crippen LogP contribution is -1.65. The number of hydrogen-bond acceptors (Lipinski definition) is 0. The first kappa shape index (κ1) is 3.06. The van der Waals surface area contributed by atoms with E-state index in [0.717, 1.165) is 11.8 Å². The van der Waals surface area contributed by atoms with Crippen LogP contribution in [-0.4, -0.2) is 0 Å². The Kier molecular flexibility index (Phi) is 0.408. The molecule has 2 aliphatic carbocycles. The van der Waals surface area contributed by atoms with Crippen molar-refractivity contribution in [1.82, 2.24) is 0 Å². The first-order valence-corrected chi connectivity index (χ1v) is 2.78. The molecule has 0 spiro atoms. The van der Waals surface area contributed by atoms with Gasteiger partial charge in [-0.25, -0.2) is 0 Å². The van der Waals surface area contributed by atoms with E-state index >= 15 is 0 Å². The molecule has 33 valence electrons. The molecule has 0 saturated heterocycles. The van der Waals surface area contributed by atoms with Gasteiger partial charge in [-0.2, -0.15) is 0 Å². The zero-order valence-electron chi connectivity index (χ0n) is 3.85. The average Bonchev–Trinajstić information content (AvgIpc) is 2.17. The third-order valence-electron chi connectivity index (χ3n) is 2.01. The number of hydrogen-bond donors (Lipinski definition) is 0. The molecule has 2 rings (SSSR count). The van der Waals surface area contributed by atoms with Crippen molar-refractivity contribution in [3.8, 4) is 0 Å². The van der Waals surface area contributed by atoms with E-state index in [1.54, 1.807) is 6.42 Å². The monoisotopic (exact) mass is 81.1 g/mol. The Morgan fingerprint density at radius 3 is 2.00 bits per heavy atom. The van der Waals surface area contributed by atoms with Crippen LogP contribution < -0.4 is 0 Å². The highest BCUT2D eigenvalue weighted by atomic mass is 14.5. The van der Waals surface area contributed by atoms with Crippen molar-refractivity contribution in [2.45, 2.75) is 19.3 Å². The Bertz CT molecular complexity index is 58.4. The molecule has 0 aliphatic heterocycles. The van der Waals surface area contributed by atoms with Gasteiger partial charge in [-0.1, -0.05) is 0 Å². The van der Waals surface area contributed by atoms with Gasteiger partial charge in [0.2, 0.25) is 0 Å². The maximum Gasteiger partial charge on any atom is -0.0380 e. The molecule has 2 aliphatic rings. The predicted molar refractivity (Wildman–Crippen MR) is 25.1 cm³/mol. The lowest BCUT2D eigenvalue weighted by Gasteiger charge is -1.80. The van der Waals surface area contributed by atoms with Gasteiger partial charge in [-0.15, -0.1) is 0 Å². The van der Waals surface area contributed by atoms with Gasteiger partial charge in [0, 0.05) is 0 Å². The fraction of sp³-hybridized carbons (Fsp3) is 0.833.